The average Bonchev–Trinajstić information content (AvgIpc) is 2.20. The van der Waals surface area contributed by atoms with E-state index >= 15 is 0 Å². The summed E-state index contributed by atoms with van der Waals surface area (Å²) >= 11 is 0. The van der Waals surface area contributed by atoms with Gasteiger partial charge in [0, 0.05) is 25.7 Å². The van der Waals surface area contributed by atoms with Gasteiger partial charge in [0.1, 0.15) is 0 Å². The molecule has 0 saturated carbocycles. The van der Waals surface area contributed by atoms with Crippen molar-refractivity contribution in [3.8, 4) is 0 Å². The van der Waals surface area contributed by atoms with Crippen molar-refractivity contribution < 1.29 is 0 Å². The maximum atomic E-state index is 6.11. The van der Waals surface area contributed by atoms with Crippen LogP contribution in [0.2, 0.25) is 0 Å². The third-order valence-electron chi connectivity index (χ3n) is 3.12. The van der Waals surface area contributed by atoms with Crippen LogP contribution in [0, 0.1) is 11.8 Å². The lowest BCUT2D eigenvalue weighted by Gasteiger charge is -2.27. The molecule has 0 aromatic heterocycles. The molecule has 0 fully saturated rings. The van der Waals surface area contributed by atoms with Gasteiger partial charge < -0.3 is 15.5 Å². The van der Waals surface area contributed by atoms with Crippen LogP contribution in [0.15, 0.2) is 0 Å². The van der Waals surface area contributed by atoms with Crippen LogP contribution < -0.4 is 5.73 Å². The Hall–Kier alpha value is -0.120. The molecule has 0 aliphatic carbocycles. The van der Waals surface area contributed by atoms with E-state index in [0.717, 1.165) is 32.0 Å². The van der Waals surface area contributed by atoms with E-state index < -0.39 is 0 Å². The summed E-state index contributed by atoms with van der Waals surface area (Å²) in [4.78, 5) is 4.79. The lowest BCUT2D eigenvalue weighted by molar-refractivity contribution is 0.208. The third kappa shape index (κ3) is 9.57. The highest BCUT2D eigenvalue weighted by molar-refractivity contribution is 4.70. The maximum absolute atomic E-state index is 6.11. The number of rotatable bonds is 9. The normalized spacial score (nSPS) is 14.3. The fourth-order valence-electron chi connectivity index (χ4n) is 1.82. The van der Waals surface area contributed by atoms with E-state index in [1.165, 1.54) is 6.54 Å². The molecule has 1 atom stereocenters. The second-order valence-electron chi connectivity index (χ2n) is 6.19. The molecule has 0 saturated heterocycles. The van der Waals surface area contributed by atoms with E-state index in [0.29, 0.717) is 12.0 Å². The molecule has 2 N–H and O–H groups in total. The van der Waals surface area contributed by atoms with Gasteiger partial charge in [-0.1, -0.05) is 27.7 Å². The summed E-state index contributed by atoms with van der Waals surface area (Å²) in [7, 11) is 4.26. The standard InChI is InChI=1S/C14H33N3/c1-12(2)11-17(10-9-16(5)6)8-7-14(15)13(3)4/h12-14H,7-11,15H2,1-6H3. The van der Waals surface area contributed by atoms with Crippen molar-refractivity contribution in [2.24, 2.45) is 17.6 Å². The minimum atomic E-state index is 0.337. The summed E-state index contributed by atoms with van der Waals surface area (Å²) < 4.78 is 0. The molecule has 0 aliphatic heterocycles. The SMILES string of the molecule is CC(C)CN(CCC(N)C(C)C)CCN(C)C. The molecule has 3 heteroatoms. The quantitative estimate of drug-likeness (QED) is 0.671. The monoisotopic (exact) mass is 243 g/mol. The smallest absolute Gasteiger partial charge is 0.0109 e. The fourth-order valence-corrected chi connectivity index (χ4v) is 1.82. The summed E-state index contributed by atoms with van der Waals surface area (Å²) in [5.41, 5.74) is 6.11. The van der Waals surface area contributed by atoms with E-state index in [1.54, 1.807) is 0 Å². The molecule has 0 bridgehead atoms. The first-order chi connectivity index (χ1) is 7.82. The Morgan fingerprint density at radius 3 is 1.94 bits per heavy atom. The van der Waals surface area contributed by atoms with Crippen molar-refractivity contribution in [3.63, 3.8) is 0 Å². The molecule has 0 aromatic rings. The Balaban J connectivity index is 4.00. The number of nitrogens with two attached hydrogens (primary N) is 1. The predicted molar refractivity (Wildman–Crippen MR) is 77.3 cm³/mol. The van der Waals surface area contributed by atoms with Crippen LogP contribution in [0.5, 0.6) is 0 Å². The topological polar surface area (TPSA) is 32.5 Å². The van der Waals surface area contributed by atoms with Crippen molar-refractivity contribution in [2.75, 3.05) is 40.3 Å². The molecule has 3 nitrogen and oxygen atoms in total. The van der Waals surface area contributed by atoms with Gasteiger partial charge in [0.25, 0.3) is 0 Å². The molecule has 0 aromatic carbocycles. The average molecular weight is 243 g/mol. The van der Waals surface area contributed by atoms with Gasteiger partial charge in [0.05, 0.1) is 0 Å². The predicted octanol–water partition coefficient (Wildman–Crippen LogP) is 1.88. The van der Waals surface area contributed by atoms with Crippen LogP contribution >= 0.6 is 0 Å². The van der Waals surface area contributed by atoms with Gasteiger partial charge in [-0.05, 0) is 38.9 Å². The lowest BCUT2D eigenvalue weighted by Crippen LogP contribution is -2.38. The van der Waals surface area contributed by atoms with Gasteiger partial charge in [0.2, 0.25) is 0 Å². The molecule has 1 unspecified atom stereocenters. The number of nitrogens with zero attached hydrogens (tertiary/aromatic N) is 2. The first kappa shape index (κ1) is 16.9. The van der Waals surface area contributed by atoms with Gasteiger partial charge in [-0.15, -0.1) is 0 Å². The minimum Gasteiger partial charge on any atom is -0.327 e. The molecular weight excluding hydrogens is 210 g/mol. The van der Waals surface area contributed by atoms with Gasteiger partial charge in [-0.3, -0.25) is 0 Å². The summed E-state index contributed by atoms with van der Waals surface area (Å²) in [5, 5.41) is 0. The molecule has 0 spiro atoms. The highest BCUT2D eigenvalue weighted by Gasteiger charge is 2.12. The zero-order valence-electron chi connectivity index (χ0n) is 12.7. The summed E-state index contributed by atoms with van der Waals surface area (Å²) in [6.07, 6.45) is 1.11. The highest BCUT2D eigenvalue weighted by atomic mass is 15.2. The number of hydrogen-bond donors (Lipinski definition) is 1. The van der Waals surface area contributed by atoms with E-state index in [9.17, 15) is 0 Å². The molecule has 0 amide bonds. The molecule has 0 radical (unpaired) electrons. The van der Waals surface area contributed by atoms with Crippen molar-refractivity contribution in [1.82, 2.24) is 9.80 Å². The first-order valence-corrected chi connectivity index (χ1v) is 6.95. The Morgan fingerprint density at radius 1 is 0.941 bits per heavy atom. The summed E-state index contributed by atoms with van der Waals surface area (Å²) in [6, 6.07) is 0.337. The van der Waals surface area contributed by atoms with Crippen molar-refractivity contribution in [1.29, 1.82) is 0 Å². The van der Waals surface area contributed by atoms with E-state index in [1.807, 2.05) is 0 Å². The summed E-state index contributed by atoms with van der Waals surface area (Å²) in [6.45, 7) is 13.6. The van der Waals surface area contributed by atoms with Gasteiger partial charge in [-0.2, -0.15) is 0 Å². The number of likely N-dealkylation sites (N-methyl/N-ethyl adjacent to an activating group) is 1. The van der Waals surface area contributed by atoms with Crippen LogP contribution in [0.1, 0.15) is 34.1 Å². The first-order valence-electron chi connectivity index (χ1n) is 6.95. The Bertz CT molecular complexity index is 178. The third-order valence-corrected chi connectivity index (χ3v) is 3.12. The minimum absolute atomic E-state index is 0.337. The van der Waals surface area contributed by atoms with E-state index in [2.05, 4.69) is 51.6 Å². The molecular formula is C14H33N3. The van der Waals surface area contributed by atoms with Crippen LogP contribution in [0.25, 0.3) is 0 Å². The van der Waals surface area contributed by atoms with E-state index in [4.69, 9.17) is 5.73 Å². The van der Waals surface area contributed by atoms with Gasteiger partial charge >= 0.3 is 0 Å². The highest BCUT2D eigenvalue weighted by Crippen LogP contribution is 2.06. The molecule has 0 aliphatic rings. The van der Waals surface area contributed by atoms with Crippen LogP contribution in [-0.2, 0) is 0 Å². The second kappa shape index (κ2) is 8.90. The Kier molecular flexibility index (Phi) is 8.83. The maximum Gasteiger partial charge on any atom is 0.0109 e. The Morgan fingerprint density at radius 2 is 1.53 bits per heavy atom. The zero-order chi connectivity index (χ0) is 13.4. The lowest BCUT2D eigenvalue weighted by atomic mass is 10.0. The molecule has 104 valence electrons. The molecule has 17 heavy (non-hydrogen) atoms. The van der Waals surface area contributed by atoms with Crippen LogP contribution in [0.4, 0.5) is 0 Å². The van der Waals surface area contributed by atoms with E-state index in [-0.39, 0.29) is 0 Å². The zero-order valence-corrected chi connectivity index (χ0v) is 12.7. The Labute approximate surface area is 108 Å². The largest absolute Gasteiger partial charge is 0.327 e. The van der Waals surface area contributed by atoms with Gasteiger partial charge in [-0.25, -0.2) is 0 Å². The molecule has 0 rings (SSSR count). The second-order valence-corrected chi connectivity index (χ2v) is 6.19. The van der Waals surface area contributed by atoms with Crippen molar-refractivity contribution in [3.05, 3.63) is 0 Å². The van der Waals surface area contributed by atoms with Crippen LogP contribution in [0.3, 0.4) is 0 Å². The molecule has 0 heterocycles. The van der Waals surface area contributed by atoms with Crippen molar-refractivity contribution in [2.45, 2.75) is 40.2 Å². The van der Waals surface area contributed by atoms with Gasteiger partial charge in [0.15, 0.2) is 0 Å². The van der Waals surface area contributed by atoms with Crippen LogP contribution in [-0.4, -0.2) is 56.1 Å². The number of hydrogen-bond acceptors (Lipinski definition) is 3. The van der Waals surface area contributed by atoms with Crippen molar-refractivity contribution >= 4 is 0 Å². The summed E-state index contributed by atoms with van der Waals surface area (Å²) in [5.74, 6) is 1.32. The fraction of sp³-hybridized carbons (Fsp3) is 1.00.